The summed E-state index contributed by atoms with van der Waals surface area (Å²) in [4.78, 5) is 25.1. The molecule has 1 aliphatic rings. The van der Waals surface area contributed by atoms with Crippen molar-refractivity contribution in [2.24, 2.45) is 0 Å². The van der Waals surface area contributed by atoms with Crippen LogP contribution >= 0.6 is 11.6 Å². The van der Waals surface area contributed by atoms with Crippen LogP contribution < -0.4 is 5.56 Å². The SMILES string of the molecule is COC(=O)N1CC[C@H](c2cc(=O)[nH]o2)C[C@H]1c1ccc(Cl)cc1. The highest BCUT2D eigenvalue weighted by atomic mass is 35.5. The van der Waals surface area contributed by atoms with Gasteiger partial charge < -0.3 is 14.2 Å². The summed E-state index contributed by atoms with van der Waals surface area (Å²) in [5.74, 6) is 0.689. The quantitative estimate of drug-likeness (QED) is 0.912. The molecule has 0 aliphatic carbocycles. The number of piperidine rings is 1. The number of ether oxygens (including phenoxy) is 1. The van der Waals surface area contributed by atoms with Crippen molar-refractivity contribution in [3.05, 3.63) is 57.0 Å². The van der Waals surface area contributed by atoms with Crippen LogP contribution in [0.25, 0.3) is 0 Å². The molecule has 1 aromatic carbocycles. The Hall–Kier alpha value is -2.21. The molecule has 23 heavy (non-hydrogen) atoms. The first-order chi connectivity index (χ1) is 11.1. The highest BCUT2D eigenvalue weighted by Gasteiger charge is 2.35. The number of carbonyl (C=O) groups excluding carboxylic acids is 1. The molecule has 3 rings (SSSR count). The Bertz CT molecular complexity index is 737. The van der Waals surface area contributed by atoms with Crippen LogP contribution in [0.3, 0.4) is 0 Å². The van der Waals surface area contributed by atoms with Crippen LogP contribution in [-0.2, 0) is 4.74 Å². The number of halogens is 1. The van der Waals surface area contributed by atoms with E-state index in [-0.39, 0.29) is 23.6 Å². The molecule has 0 bridgehead atoms. The van der Waals surface area contributed by atoms with Crippen molar-refractivity contribution < 1.29 is 14.1 Å². The lowest BCUT2D eigenvalue weighted by Crippen LogP contribution is -2.40. The summed E-state index contributed by atoms with van der Waals surface area (Å²) in [6, 6.07) is 8.71. The summed E-state index contributed by atoms with van der Waals surface area (Å²) >= 11 is 5.95. The van der Waals surface area contributed by atoms with E-state index in [2.05, 4.69) is 5.16 Å². The second-order valence-corrected chi connectivity index (χ2v) is 6.00. The molecule has 2 atom stereocenters. The Kier molecular flexibility index (Phi) is 4.43. The largest absolute Gasteiger partial charge is 0.453 e. The Morgan fingerprint density at radius 2 is 2.13 bits per heavy atom. The molecule has 1 amide bonds. The Morgan fingerprint density at radius 3 is 2.74 bits per heavy atom. The number of aromatic amines is 1. The number of hydrogen-bond donors (Lipinski definition) is 1. The smallest absolute Gasteiger partial charge is 0.409 e. The minimum atomic E-state index is -0.362. The number of aromatic nitrogens is 1. The van der Waals surface area contributed by atoms with Gasteiger partial charge in [-0.2, -0.15) is 5.16 Å². The number of rotatable bonds is 2. The summed E-state index contributed by atoms with van der Waals surface area (Å²) in [5, 5.41) is 2.96. The Labute approximate surface area is 138 Å². The van der Waals surface area contributed by atoms with Gasteiger partial charge in [0.05, 0.1) is 13.2 Å². The van der Waals surface area contributed by atoms with Crippen molar-refractivity contribution in [1.82, 2.24) is 10.1 Å². The van der Waals surface area contributed by atoms with E-state index in [0.717, 1.165) is 5.56 Å². The van der Waals surface area contributed by atoms with Gasteiger partial charge in [0.15, 0.2) is 0 Å². The molecule has 1 fully saturated rings. The third-order valence-electron chi connectivity index (χ3n) is 4.21. The van der Waals surface area contributed by atoms with Gasteiger partial charge >= 0.3 is 6.09 Å². The van der Waals surface area contributed by atoms with Crippen molar-refractivity contribution in [3.8, 4) is 0 Å². The van der Waals surface area contributed by atoms with E-state index in [9.17, 15) is 9.59 Å². The summed E-state index contributed by atoms with van der Waals surface area (Å²) < 4.78 is 10.1. The van der Waals surface area contributed by atoms with Gasteiger partial charge in [-0.1, -0.05) is 23.7 Å². The molecule has 0 radical (unpaired) electrons. The average Bonchev–Trinajstić information content (AvgIpc) is 3.01. The number of carbonyl (C=O) groups is 1. The van der Waals surface area contributed by atoms with Crippen LogP contribution in [0.4, 0.5) is 4.79 Å². The molecule has 1 N–H and O–H groups in total. The zero-order chi connectivity index (χ0) is 16.4. The van der Waals surface area contributed by atoms with Gasteiger partial charge in [-0.15, -0.1) is 0 Å². The van der Waals surface area contributed by atoms with Crippen LogP contribution in [0.15, 0.2) is 39.6 Å². The van der Waals surface area contributed by atoms with Crippen LogP contribution in [0.2, 0.25) is 5.02 Å². The number of hydrogen-bond acceptors (Lipinski definition) is 4. The lowest BCUT2D eigenvalue weighted by Gasteiger charge is -2.38. The van der Waals surface area contributed by atoms with Gasteiger partial charge in [0.2, 0.25) is 0 Å². The summed E-state index contributed by atoms with van der Waals surface area (Å²) in [5.41, 5.74) is 0.723. The van der Waals surface area contributed by atoms with Crippen LogP contribution in [-0.4, -0.2) is 29.8 Å². The van der Waals surface area contributed by atoms with E-state index < -0.39 is 0 Å². The fraction of sp³-hybridized carbons (Fsp3) is 0.375. The second kappa shape index (κ2) is 6.50. The standard InChI is InChI=1S/C16H17ClN2O4/c1-22-16(21)19-7-6-11(14-9-15(20)18-23-14)8-13(19)10-2-4-12(17)5-3-10/h2-5,9,11,13H,6-8H2,1H3,(H,18,20)/t11-,13-/m0/s1. The van der Waals surface area contributed by atoms with Crippen molar-refractivity contribution in [1.29, 1.82) is 0 Å². The van der Waals surface area contributed by atoms with E-state index in [1.54, 1.807) is 17.0 Å². The first-order valence-corrected chi connectivity index (χ1v) is 7.74. The number of likely N-dealkylation sites (tertiary alicyclic amines) is 1. The monoisotopic (exact) mass is 336 g/mol. The van der Waals surface area contributed by atoms with Crippen molar-refractivity contribution in [2.45, 2.75) is 24.8 Å². The van der Waals surface area contributed by atoms with E-state index in [4.69, 9.17) is 20.9 Å². The number of H-pyrrole nitrogens is 1. The molecule has 2 aromatic rings. The van der Waals surface area contributed by atoms with Gasteiger partial charge in [0, 0.05) is 23.6 Å². The molecule has 122 valence electrons. The predicted octanol–water partition coefficient (Wildman–Crippen LogP) is 3.31. The van der Waals surface area contributed by atoms with Crippen molar-refractivity contribution in [3.63, 3.8) is 0 Å². The maximum atomic E-state index is 12.1. The third kappa shape index (κ3) is 3.27. The molecule has 0 saturated carbocycles. The maximum Gasteiger partial charge on any atom is 0.409 e. The number of amides is 1. The average molecular weight is 337 g/mol. The molecule has 6 nitrogen and oxygen atoms in total. The number of nitrogens with zero attached hydrogens (tertiary/aromatic N) is 1. The van der Waals surface area contributed by atoms with E-state index in [1.807, 2.05) is 12.1 Å². The van der Waals surface area contributed by atoms with Gasteiger partial charge in [0.1, 0.15) is 5.76 Å². The zero-order valence-corrected chi connectivity index (χ0v) is 13.4. The highest BCUT2D eigenvalue weighted by molar-refractivity contribution is 6.30. The van der Waals surface area contributed by atoms with Crippen LogP contribution in [0.1, 0.15) is 36.1 Å². The third-order valence-corrected chi connectivity index (χ3v) is 4.46. The molecule has 2 heterocycles. The minimum Gasteiger partial charge on any atom is -0.453 e. The highest BCUT2D eigenvalue weighted by Crippen LogP contribution is 2.39. The predicted molar refractivity (Wildman–Crippen MR) is 84.6 cm³/mol. The fourth-order valence-corrected chi connectivity index (χ4v) is 3.19. The minimum absolute atomic E-state index is 0.0653. The van der Waals surface area contributed by atoms with E-state index >= 15 is 0 Å². The lowest BCUT2D eigenvalue weighted by atomic mass is 9.86. The number of benzene rings is 1. The zero-order valence-electron chi connectivity index (χ0n) is 12.6. The fourth-order valence-electron chi connectivity index (χ4n) is 3.06. The number of methoxy groups -OCH3 is 1. The molecular weight excluding hydrogens is 320 g/mol. The molecule has 1 aromatic heterocycles. The molecule has 1 saturated heterocycles. The van der Waals surface area contributed by atoms with Gasteiger partial charge in [-0.25, -0.2) is 4.79 Å². The molecule has 0 unspecified atom stereocenters. The Balaban J connectivity index is 1.89. The molecular formula is C16H17ClN2O4. The Morgan fingerprint density at radius 1 is 1.39 bits per heavy atom. The molecule has 0 spiro atoms. The van der Waals surface area contributed by atoms with Gasteiger partial charge in [0.25, 0.3) is 5.56 Å². The first kappa shape index (κ1) is 15.7. The first-order valence-electron chi connectivity index (χ1n) is 7.37. The number of nitrogens with one attached hydrogen (secondary N) is 1. The van der Waals surface area contributed by atoms with Crippen LogP contribution in [0, 0.1) is 0 Å². The summed E-state index contributed by atoms with van der Waals surface area (Å²) in [7, 11) is 1.37. The van der Waals surface area contributed by atoms with Crippen LogP contribution in [0.5, 0.6) is 0 Å². The maximum absolute atomic E-state index is 12.1. The molecule has 1 aliphatic heterocycles. The van der Waals surface area contributed by atoms with E-state index in [1.165, 1.54) is 13.2 Å². The van der Waals surface area contributed by atoms with Crippen molar-refractivity contribution >= 4 is 17.7 Å². The van der Waals surface area contributed by atoms with Gasteiger partial charge in [-0.05, 0) is 30.5 Å². The van der Waals surface area contributed by atoms with E-state index in [0.29, 0.717) is 30.2 Å². The topological polar surface area (TPSA) is 75.5 Å². The van der Waals surface area contributed by atoms with Crippen molar-refractivity contribution in [2.75, 3.05) is 13.7 Å². The lowest BCUT2D eigenvalue weighted by molar-refractivity contribution is 0.0815. The summed E-state index contributed by atoms with van der Waals surface area (Å²) in [6.07, 6.45) is 0.997. The second-order valence-electron chi connectivity index (χ2n) is 5.57. The molecule has 7 heteroatoms. The summed E-state index contributed by atoms with van der Waals surface area (Å²) in [6.45, 7) is 0.527. The normalized spacial score (nSPS) is 21.2. The van der Waals surface area contributed by atoms with Gasteiger partial charge in [-0.3, -0.25) is 4.79 Å².